The van der Waals surface area contributed by atoms with Crippen LogP contribution in [0.15, 0.2) is 61.2 Å². The molecule has 0 aromatic heterocycles. The van der Waals surface area contributed by atoms with Crippen molar-refractivity contribution in [3.05, 3.63) is 57.0 Å². The zero-order valence-electron chi connectivity index (χ0n) is 9.73. The van der Waals surface area contributed by atoms with Crippen LogP contribution in [-0.4, -0.2) is 5.11 Å². The molecule has 4 heteroatoms. The van der Waals surface area contributed by atoms with Gasteiger partial charge in [0.05, 0.1) is 6.10 Å². The molecule has 94 valence electrons. The number of halogens is 2. The van der Waals surface area contributed by atoms with Gasteiger partial charge < -0.3 is 5.11 Å². The van der Waals surface area contributed by atoms with Gasteiger partial charge in [0.15, 0.2) is 0 Å². The van der Waals surface area contributed by atoms with Crippen molar-refractivity contribution in [1.82, 2.24) is 0 Å². The standard InChI is InChI=1S/C14H12Br2OS/c1-9(17)13-7-6-12(8-14(13)16)18-11-4-2-10(15)3-5-11/h2-9,17H,1H3/t9-/m0/s1. The molecule has 0 bridgehead atoms. The first-order chi connectivity index (χ1) is 8.56. The molecule has 0 aliphatic rings. The minimum Gasteiger partial charge on any atom is -0.389 e. The number of hydrogen-bond donors (Lipinski definition) is 1. The lowest BCUT2D eigenvalue weighted by Gasteiger charge is -2.09. The van der Waals surface area contributed by atoms with Gasteiger partial charge in [-0.1, -0.05) is 49.7 Å². The van der Waals surface area contributed by atoms with Crippen LogP contribution in [0.2, 0.25) is 0 Å². The topological polar surface area (TPSA) is 20.2 Å². The monoisotopic (exact) mass is 386 g/mol. The number of rotatable bonds is 3. The smallest absolute Gasteiger partial charge is 0.0772 e. The fraction of sp³-hybridized carbons (Fsp3) is 0.143. The molecule has 0 saturated heterocycles. The van der Waals surface area contributed by atoms with E-state index >= 15 is 0 Å². The van der Waals surface area contributed by atoms with E-state index in [-0.39, 0.29) is 0 Å². The summed E-state index contributed by atoms with van der Waals surface area (Å²) in [6.07, 6.45) is -0.453. The summed E-state index contributed by atoms with van der Waals surface area (Å²) in [5, 5.41) is 9.57. The molecule has 2 aromatic rings. The highest BCUT2D eigenvalue weighted by atomic mass is 79.9. The molecule has 2 aromatic carbocycles. The van der Waals surface area contributed by atoms with Gasteiger partial charge in [-0.2, -0.15) is 0 Å². The first-order valence-electron chi connectivity index (χ1n) is 5.47. The van der Waals surface area contributed by atoms with Crippen LogP contribution in [0, 0.1) is 0 Å². The summed E-state index contributed by atoms with van der Waals surface area (Å²) in [4.78, 5) is 2.34. The second-order valence-electron chi connectivity index (χ2n) is 3.92. The second kappa shape index (κ2) is 6.24. The highest BCUT2D eigenvalue weighted by molar-refractivity contribution is 9.10. The van der Waals surface area contributed by atoms with E-state index < -0.39 is 6.10 Å². The second-order valence-corrected chi connectivity index (χ2v) is 6.83. The average molecular weight is 388 g/mol. The van der Waals surface area contributed by atoms with Gasteiger partial charge >= 0.3 is 0 Å². The van der Waals surface area contributed by atoms with Crippen molar-refractivity contribution in [3.8, 4) is 0 Å². The maximum Gasteiger partial charge on any atom is 0.0772 e. The van der Waals surface area contributed by atoms with Gasteiger partial charge in [-0.3, -0.25) is 0 Å². The minimum absolute atomic E-state index is 0.453. The van der Waals surface area contributed by atoms with Crippen LogP contribution in [0.5, 0.6) is 0 Å². The fourth-order valence-electron chi connectivity index (χ4n) is 1.55. The normalized spacial score (nSPS) is 12.4. The first kappa shape index (κ1) is 14.1. The van der Waals surface area contributed by atoms with Gasteiger partial charge in [-0.25, -0.2) is 0 Å². The van der Waals surface area contributed by atoms with Crippen LogP contribution in [0.3, 0.4) is 0 Å². The SMILES string of the molecule is C[C@H](O)c1ccc(Sc2ccc(Br)cc2)cc1Br. The summed E-state index contributed by atoms with van der Waals surface area (Å²) in [6.45, 7) is 1.77. The van der Waals surface area contributed by atoms with Crippen molar-refractivity contribution < 1.29 is 5.11 Å². The molecule has 0 aliphatic heterocycles. The summed E-state index contributed by atoms with van der Waals surface area (Å²) < 4.78 is 2.03. The third kappa shape index (κ3) is 3.60. The molecular weight excluding hydrogens is 376 g/mol. The summed E-state index contributed by atoms with van der Waals surface area (Å²) in [6, 6.07) is 14.2. The van der Waals surface area contributed by atoms with E-state index in [0.717, 1.165) is 19.4 Å². The molecule has 1 nitrogen and oxygen atoms in total. The Morgan fingerprint density at radius 1 is 1.00 bits per heavy atom. The first-order valence-corrected chi connectivity index (χ1v) is 7.87. The Morgan fingerprint density at radius 3 is 2.17 bits per heavy atom. The van der Waals surface area contributed by atoms with Crippen molar-refractivity contribution in [2.75, 3.05) is 0 Å². The number of hydrogen-bond acceptors (Lipinski definition) is 2. The van der Waals surface area contributed by atoms with E-state index in [4.69, 9.17) is 0 Å². The van der Waals surface area contributed by atoms with E-state index in [2.05, 4.69) is 44.0 Å². The van der Waals surface area contributed by atoms with Gasteiger partial charge in [-0.05, 0) is 48.9 Å². The van der Waals surface area contributed by atoms with Gasteiger partial charge in [0.25, 0.3) is 0 Å². The molecule has 18 heavy (non-hydrogen) atoms. The number of aliphatic hydroxyl groups excluding tert-OH is 1. The Kier molecular flexibility index (Phi) is 4.90. The van der Waals surface area contributed by atoms with Crippen molar-refractivity contribution >= 4 is 43.6 Å². The summed E-state index contributed by atoms with van der Waals surface area (Å²) in [7, 11) is 0. The van der Waals surface area contributed by atoms with Crippen molar-refractivity contribution in [3.63, 3.8) is 0 Å². The summed E-state index contributed by atoms with van der Waals surface area (Å²) in [5.74, 6) is 0. The maximum absolute atomic E-state index is 9.57. The molecule has 0 saturated carbocycles. The quantitative estimate of drug-likeness (QED) is 0.758. The Morgan fingerprint density at radius 2 is 1.61 bits per heavy atom. The zero-order chi connectivity index (χ0) is 13.1. The maximum atomic E-state index is 9.57. The predicted molar refractivity (Wildman–Crippen MR) is 83.0 cm³/mol. The molecule has 0 aliphatic carbocycles. The number of aliphatic hydroxyl groups is 1. The van der Waals surface area contributed by atoms with Crippen molar-refractivity contribution in [2.24, 2.45) is 0 Å². The van der Waals surface area contributed by atoms with E-state index in [1.807, 2.05) is 30.3 Å². The zero-order valence-corrected chi connectivity index (χ0v) is 13.7. The highest BCUT2D eigenvalue weighted by Gasteiger charge is 2.07. The molecule has 1 atom stereocenters. The Balaban J connectivity index is 2.20. The lowest BCUT2D eigenvalue weighted by Crippen LogP contribution is -1.92. The lowest BCUT2D eigenvalue weighted by molar-refractivity contribution is 0.198. The molecule has 0 radical (unpaired) electrons. The van der Waals surface area contributed by atoms with E-state index in [1.54, 1.807) is 18.7 Å². The van der Waals surface area contributed by atoms with Crippen LogP contribution < -0.4 is 0 Å². The average Bonchev–Trinajstić information content (AvgIpc) is 2.32. The van der Waals surface area contributed by atoms with E-state index in [9.17, 15) is 5.11 Å². The molecule has 0 heterocycles. The Bertz CT molecular complexity index is 538. The fourth-order valence-corrected chi connectivity index (χ4v) is 3.53. The van der Waals surface area contributed by atoms with Gasteiger partial charge in [0, 0.05) is 18.7 Å². The molecule has 0 unspecified atom stereocenters. The summed E-state index contributed by atoms with van der Waals surface area (Å²) >= 11 is 8.61. The van der Waals surface area contributed by atoms with Gasteiger partial charge in [0.1, 0.15) is 0 Å². The van der Waals surface area contributed by atoms with Gasteiger partial charge in [0.2, 0.25) is 0 Å². The minimum atomic E-state index is -0.453. The van der Waals surface area contributed by atoms with Crippen LogP contribution in [-0.2, 0) is 0 Å². The molecule has 0 amide bonds. The molecular formula is C14H12Br2OS. The van der Waals surface area contributed by atoms with Crippen LogP contribution in [0.4, 0.5) is 0 Å². The summed E-state index contributed by atoms with van der Waals surface area (Å²) in [5.41, 5.74) is 0.912. The van der Waals surface area contributed by atoms with Crippen molar-refractivity contribution in [1.29, 1.82) is 0 Å². The predicted octanol–water partition coefficient (Wildman–Crippen LogP) is 5.42. The molecule has 2 rings (SSSR count). The third-order valence-corrected chi connectivity index (χ3v) is 4.68. The Hall–Kier alpha value is -0.290. The molecule has 0 spiro atoms. The number of benzene rings is 2. The van der Waals surface area contributed by atoms with E-state index in [0.29, 0.717) is 0 Å². The van der Waals surface area contributed by atoms with Crippen molar-refractivity contribution in [2.45, 2.75) is 22.8 Å². The lowest BCUT2D eigenvalue weighted by atomic mass is 10.1. The highest BCUT2D eigenvalue weighted by Crippen LogP contribution is 2.33. The van der Waals surface area contributed by atoms with Crippen LogP contribution >= 0.6 is 43.6 Å². The molecule has 0 fully saturated rings. The molecule has 1 N–H and O–H groups in total. The van der Waals surface area contributed by atoms with Crippen LogP contribution in [0.25, 0.3) is 0 Å². The third-order valence-electron chi connectivity index (χ3n) is 2.47. The van der Waals surface area contributed by atoms with E-state index in [1.165, 1.54) is 4.90 Å². The van der Waals surface area contributed by atoms with Gasteiger partial charge in [-0.15, -0.1) is 0 Å². The largest absolute Gasteiger partial charge is 0.389 e. The Labute approximate surface area is 128 Å². The van der Waals surface area contributed by atoms with Crippen LogP contribution in [0.1, 0.15) is 18.6 Å².